The van der Waals surface area contributed by atoms with Crippen LogP contribution in [0.2, 0.25) is 0 Å². The highest BCUT2D eigenvalue weighted by atomic mass is 32.2. The third kappa shape index (κ3) is 28.0. The van der Waals surface area contributed by atoms with Crippen molar-refractivity contribution >= 4 is 63.4 Å². The first kappa shape index (κ1) is 83.6. The van der Waals surface area contributed by atoms with Gasteiger partial charge >= 0.3 is 12.1 Å². The number of ether oxygens (including phenoxy) is 5. The molecule has 8 amide bonds. The van der Waals surface area contributed by atoms with Gasteiger partial charge in [0.25, 0.3) is 10.0 Å². The zero-order valence-electron chi connectivity index (χ0n) is 60.4. The number of hydrogen-bond donors (Lipinski definition) is 12. The Morgan fingerprint density at radius 2 is 1.18 bits per heavy atom. The zero-order valence-corrected chi connectivity index (χ0v) is 61.2. The van der Waals surface area contributed by atoms with Crippen LogP contribution in [0.5, 0.6) is 5.75 Å². The lowest BCUT2D eigenvalue weighted by Gasteiger charge is -2.35. The van der Waals surface area contributed by atoms with E-state index in [0.717, 1.165) is 12.7 Å². The van der Waals surface area contributed by atoms with Gasteiger partial charge in [-0.2, -0.15) is 0 Å². The van der Waals surface area contributed by atoms with Gasteiger partial charge in [-0.15, -0.1) is 0 Å². The summed E-state index contributed by atoms with van der Waals surface area (Å²) >= 11 is 0. The molecule has 2 aromatic carbocycles. The molecule has 0 fully saturated rings. The van der Waals surface area contributed by atoms with Crippen LogP contribution in [0, 0.1) is 32.6 Å². The molecule has 29 heteroatoms. The topological polar surface area (TPSA) is 395 Å². The van der Waals surface area contributed by atoms with Gasteiger partial charge in [-0.25, -0.2) is 18.0 Å². The van der Waals surface area contributed by atoms with Crippen LogP contribution in [0.1, 0.15) is 164 Å². The number of alkyl carbamates (subject to hydrolysis) is 1. The summed E-state index contributed by atoms with van der Waals surface area (Å²) in [7, 11) is -3.12. The summed E-state index contributed by atoms with van der Waals surface area (Å²) in [6, 6.07) is -2.18. The normalized spacial score (nSPS) is 15.9. The number of hydrogen-bond acceptors (Lipinski definition) is 19. The van der Waals surface area contributed by atoms with Crippen LogP contribution in [0.3, 0.4) is 0 Å². The van der Waals surface area contributed by atoms with Gasteiger partial charge in [-0.1, -0.05) is 64.6 Å². The van der Waals surface area contributed by atoms with Crippen LogP contribution in [0.4, 0.5) is 4.79 Å². The molecule has 0 saturated heterocycles. The molecule has 28 nitrogen and oxygen atoms in total. The van der Waals surface area contributed by atoms with Crippen LogP contribution >= 0.6 is 0 Å². The first-order valence-electron chi connectivity index (χ1n) is 32.8. The molecule has 546 valence electrons. The number of sulfonamides is 1. The fraction of sp³-hybridized carbons (Fsp3) is 0.662. The van der Waals surface area contributed by atoms with Gasteiger partial charge in [0, 0.05) is 13.0 Å². The van der Waals surface area contributed by atoms with Crippen LogP contribution in [-0.2, 0) is 80.2 Å². The van der Waals surface area contributed by atoms with E-state index in [1.54, 1.807) is 134 Å². The molecule has 12 N–H and O–H groups in total. The highest BCUT2D eigenvalue weighted by Gasteiger charge is 2.39. The number of aliphatic hydroxyl groups excluding tert-OH is 2. The van der Waals surface area contributed by atoms with Crippen LogP contribution < -0.4 is 57.3 Å². The van der Waals surface area contributed by atoms with Gasteiger partial charge in [-0.3, -0.25) is 38.3 Å². The van der Waals surface area contributed by atoms with Gasteiger partial charge in [0.1, 0.15) is 59.0 Å². The molecule has 0 spiro atoms. The van der Waals surface area contributed by atoms with Gasteiger partial charge in [0.15, 0.2) is 6.04 Å². The Labute approximate surface area is 572 Å². The number of esters is 1. The van der Waals surface area contributed by atoms with Gasteiger partial charge in [0.2, 0.25) is 41.4 Å². The smallest absolute Gasteiger partial charge is 0.408 e. The summed E-state index contributed by atoms with van der Waals surface area (Å²) in [5, 5.41) is 45.5. The second kappa shape index (κ2) is 36.3. The number of carbonyl (C=O) groups excluding carboxylic acids is 9. The van der Waals surface area contributed by atoms with Crippen LogP contribution in [-0.4, -0.2) is 182 Å². The van der Waals surface area contributed by atoms with Crippen LogP contribution in [0.15, 0.2) is 47.6 Å². The SMILES string of the molecule is C=C(NCCC[C@@H](NC(=O)[C@H](CC(C)C)NC(=O)[C@@H](NC(=O)OC(C)(C)C)[C@H](O)C(C)C)C(=O)N[C@@H](Cc1ccccc1)C(=O)N[C@H](C(=O)NCC(=O)N[C@@H](COC(C)(C)C)C(=O)N[C@@H](COC(C)(C)C)C(=O)OC)[C@H](C)O)NS(=O)(=O)c1c(C)c(C)c2c(c1C)CCC(C)(C)O2. The number of benzene rings is 2. The van der Waals surface area contributed by atoms with Gasteiger partial charge in [-0.05, 0) is 176 Å². The van der Waals surface area contributed by atoms with Crippen molar-refractivity contribution in [1.29, 1.82) is 0 Å². The van der Waals surface area contributed by atoms with E-state index < -0.39 is 153 Å². The maximum Gasteiger partial charge on any atom is 0.408 e. The van der Waals surface area contributed by atoms with E-state index >= 15 is 0 Å². The lowest BCUT2D eigenvalue weighted by molar-refractivity contribution is -0.149. The average Bonchev–Trinajstić information content (AvgIpc) is 0.746. The summed E-state index contributed by atoms with van der Waals surface area (Å²) in [5.74, 6) is -7.75. The molecule has 0 radical (unpaired) electrons. The van der Waals surface area contributed by atoms with E-state index in [4.69, 9.17) is 23.7 Å². The Hall–Kier alpha value is -7.60. The minimum absolute atomic E-state index is 0.0196. The van der Waals surface area contributed by atoms with Gasteiger partial charge in [0.05, 0.1) is 55.2 Å². The first-order valence-corrected chi connectivity index (χ1v) is 34.3. The number of aliphatic hydroxyl groups is 2. The molecule has 1 heterocycles. The van der Waals surface area contributed by atoms with E-state index in [1.807, 2.05) is 20.8 Å². The zero-order chi connectivity index (χ0) is 73.9. The van der Waals surface area contributed by atoms with Crippen molar-refractivity contribution in [3.8, 4) is 5.75 Å². The number of fused-ring (bicyclic) bond motifs is 1. The van der Waals surface area contributed by atoms with E-state index in [0.29, 0.717) is 40.8 Å². The third-order valence-electron chi connectivity index (χ3n) is 15.4. The summed E-state index contributed by atoms with van der Waals surface area (Å²) in [4.78, 5) is 125. The third-order valence-corrected chi connectivity index (χ3v) is 17.0. The monoisotopic (exact) mass is 1390 g/mol. The van der Waals surface area contributed by atoms with Crippen molar-refractivity contribution in [2.75, 3.05) is 33.4 Å². The summed E-state index contributed by atoms with van der Waals surface area (Å²) in [6.45, 7) is 34.8. The molecule has 0 bridgehead atoms. The van der Waals surface area contributed by atoms with Crippen molar-refractivity contribution in [3.63, 3.8) is 0 Å². The standard InChI is InChI=1S/C68H110N10O18S/c1-37(2)32-47(74-62(87)53(54(81)38(3)4)77-64(89)96-67(16,17)18)58(83)72-46(28-25-31-69-43(9)78-97(90,91)56-40(6)39(5)55-45(41(56)7)29-30-68(19,20)95-55)57(82)73-48(33-44-26-23-22-24-27-44)59(84)76-52(42(8)79)61(86)70-34-51(80)71-49(35-93-65(10,11)12)60(85)75-50(63(88)92-21)36-94-66(13,14)15/h22-24,26-27,37-38,42,46-50,52-54,69,78-79,81H,9,25,28-36H2,1-8,10-21H3,(H,70,86)(H,71,80)(H,72,83)(H,73,82)(H,74,87)(H,75,85)(H,76,84)(H,77,89)/t42-,46+,47-,48-,49-,50-,52-,53-,54+/m0/s1. The molecular weight excluding hydrogens is 1280 g/mol. The second-order valence-electron chi connectivity index (χ2n) is 28.9. The van der Waals surface area contributed by atoms with E-state index in [1.165, 1.54) is 6.92 Å². The molecular formula is C68H110N10O18S. The Kier molecular flexibility index (Phi) is 31.3. The largest absolute Gasteiger partial charge is 0.487 e. The molecule has 0 aliphatic carbocycles. The minimum Gasteiger partial charge on any atom is -0.487 e. The van der Waals surface area contributed by atoms with Crippen molar-refractivity contribution < 1.29 is 85.5 Å². The molecule has 1 aliphatic rings. The van der Waals surface area contributed by atoms with Crippen molar-refractivity contribution in [2.45, 2.75) is 252 Å². The average molecular weight is 1390 g/mol. The maximum absolute atomic E-state index is 14.9. The molecule has 9 atom stereocenters. The molecule has 0 unspecified atom stereocenters. The molecule has 3 rings (SSSR count). The lowest BCUT2D eigenvalue weighted by Crippen LogP contribution is -2.62. The maximum atomic E-state index is 14.9. The van der Waals surface area contributed by atoms with E-state index in [-0.39, 0.29) is 62.1 Å². The summed E-state index contributed by atoms with van der Waals surface area (Å²) in [6.07, 6.45) is -3.27. The Morgan fingerprint density at radius 1 is 0.639 bits per heavy atom. The fourth-order valence-corrected chi connectivity index (χ4v) is 11.7. The van der Waals surface area contributed by atoms with Gasteiger partial charge < -0.3 is 81.7 Å². The highest BCUT2D eigenvalue weighted by Crippen LogP contribution is 2.42. The minimum atomic E-state index is -4.25. The predicted octanol–water partition coefficient (Wildman–Crippen LogP) is 3.24. The summed E-state index contributed by atoms with van der Waals surface area (Å²) in [5.41, 5.74) is 0.0868. The van der Waals surface area contributed by atoms with E-state index in [9.17, 15) is 61.8 Å². The molecule has 2 aromatic rings. The molecule has 0 saturated carbocycles. The number of nitrogens with one attached hydrogen (secondary N) is 10. The van der Waals surface area contributed by atoms with Crippen molar-refractivity contribution in [2.24, 2.45) is 11.8 Å². The predicted molar refractivity (Wildman–Crippen MR) is 364 cm³/mol. The fourth-order valence-electron chi connectivity index (χ4n) is 10.1. The lowest BCUT2D eigenvalue weighted by atomic mass is 9.88. The highest BCUT2D eigenvalue weighted by molar-refractivity contribution is 7.89. The van der Waals surface area contributed by atoms with Crippen molar-refractivity contribution in [1.82, 2.24) is 52.6 Å². The number of carbonyl (C=O) groups is 9. The quantitative estimate of drug-likeness (QED) is 0.0348. The van der Waals surface area contributed by atoms with Crippen molar-refractivity contribution in [3.05, 3.63) is 70.5 Å². The summed E-state index contributed by atoms with van der Waals surface area (Å²) < 4.78 is 59.0. The van der Waals surface area contributed by atoms with Crippen LogP contribution in [0.25, 0.3) is 0 Å². The van der Waals surface area contributed by atoms with E-state index in [2.05, 4.69) is 59.2 Å². The number of methoxy groups -OCH3 is 1. The first-order chi connectivity index (χ1) is 44.7. The second-order valence-corrected chi connectivity index (χ2v) is 30.5. The molecule has 1 aliphatic heterocycles. The Balaban J connectivity index is 2.01. The molecule has 0 aromatic heterocycles. The Morgan fingerprint density at radius 3 is 1.72 bits per heavy atom. The number of amides is 8. The number of rotatable bonds is 35. The molecule has 97 heavy (non-hydrogen) atoms. The Bertz CT molecular complexity index is 3190.